The average Bonchev–Trinajstić information content (AvgIpc) is 3.23. The van der Waals surface area contributed by atoms with Gasteiger partial charge in [-0.2, -0.15) is 5.26 Å². The smallest absolute Gasteiger partial charge is 0.101 e. The van der Waals surface area contributed by atoms with Crippen LogP contribution in [0.15, 0.2) is 42.9 Å². The average molecular weight is 288 g/mol. The molecule has 1 unspecified atom stereocenters. The van der Waals surface area contributed by atoms with Gasteiger partial charge in [-0.05, 0) is 48.2 Å². The van der Waals surface area contributed by atoms with Crippen LogP contribution in [0.2, 0.25) is 0 Å². The first-order chi connectivity index (χ1) is 10.8. The number of fused-ring (bicyclic) bond motifs is 1. The zero-order chi connectivity index (χ0) is 14.9. The number of aromatic amines is 1. The molecular weight excluding hydrogens is 272 g/mol. The Morgan fingerprint density at radius 3 is 2.95 bits per heavy atom. The Bertz CT molecular complexity index is 866. The van der Waals surface area contributed by atoms with Crippen LogP contribution in [0.4, 0.5) is 0 Å². The summed E-state index contributed by atoms with van der Waals surface area (Å²) >= 11 is 0. The first-order valence-corrected chi connectivity index (χ1v) is 7.52. The summed E-state index contributed by atoms with van der Waals surface area (Å²) in [7, 11) is 0. The number of rotatable bonds is 2. The summed E-state index contributed by atoms with van der Waals surface area (Å²) in [6.45, 7) is 2.13. The van der Waals surface area contributed by atoms with Gasteiger partial charge >= 0.3 is 0 Å². The molecular formula is C18H16N4. The molecule has 1 aliphatic rings. The zero-order valence-electron chi connectivity index (χ0n) is 12.1. The van der Waals surface area contributed by atoms with Crippen molar-refractivity contribution in [3.63, 3.8) is 0 Å². The molecule has 1 fully saturated rings. The van der Waals surface area contributed by atoms with Crippen molar-refractivity contribution < 1.29 is 0 Å². The molecule has 1 atom stereocenters. The van der Waals surface area contributed by atoms with E-state index in [4.69, 9.17) is 5.26 Å². The number of hydrogen-bond donors (Lipinski definition) is 2. The molecule has 1 saturated heterocycles. The molecule has 3 heterocycles. The molecule has 0 radical (unpaired) electrons. The van der Waals surface area contributed by atoms with Crippen LogP contribution in [-0.2, 0) is 0 Å². The number of benzene rings is 1. The van der Waals surface area contributed by atoms with Crippen molar-refractivity contribution in [3.05, 3.63) is 54.0 Å². The van der Waals surface area contributed by atoms with Crippen molar-refractivity contribution >= 4 is 10.9 Å². The van der Waals surface area contributed by atoms with Crippen molar-refractivity contribution in [2.75, 3.05) is 13.1 Å². The second-order valence-corrected chi connectivity index (χ2v) is 5.77. The Hall–Kier alpha value is -2.64. The van der Waals surface area contributed by atoms with Crippen molar-refractivity contribution in [1.29, 1.82) is 5.26 Å². The quantitative estimate of drug-likeness (QED) is 0.761. The van der Waals surface area contributed by atoms with E-state index in [0.717, 1.165) is 29.7 Å². The van der Waals surface area contributed by atoms with E-state index in [0.29, 0.717) is 11.5 Å². The number of nitrogens with one attached hydrogen (secondary N) is 2. The monoisotopic (exact) mass is 288 g/mol. The number of H-pyrrole nitrogens is 1. The van der Waals surface area contributed by atoms with Crippen LogP contribution < -0.4 is 5.32 Å². The number of nitrogens with zero attached hydrogens (tertiary/aromatic N) is 2. The van der Waals surface area contributed by atoms with Crippen molar-refractivity contribution in [3.8, 4) is 17.2 Å². The first kappa shape index (κ1) is 13.1. The zero-order valence-corrected chi connectivity index (χ0v) is 12.1. The molecule has 0 bridgehead atoms. The highest BCUT2D eigenvalue weighted by atomic mass is 14.9. The summed E-state index contributed by atoms with van der Waals surface area (Å²) in [6.07, 6.45) is 6.72. The predicted octanol–water partition coefficient (Wildman–Crippen LogP) is 3.18. The molecule has 1 aromatic carbocycles. The van der Waals surface area contributed by atoms with Gasteiger partial charge in [0, 0.05) is 41.6 Å². The molecule has 0 aliphatic carbocycles. The Kier molecular flexibility index (Phi) is 3.14. The second kappa shape index (κ2) is 5.28. The third kappa shape index (κ3) is 2.16. The summed E-state index contributed by atoms with van der Waals surface area (Å²) in [5.41, 5.74) is 5.22. The largest absolute Gasteiger partial charge is 0.361 e. The van der Waals surface area contributed by atoms with Crippen LogP contribution in [0, 0.1) is 11.3 Å². The van der Waals surface area contributed by atoms with E-state index in [-0.39, 0.29) is 0 Å². The third-order valence-corrected chi connectivity index (χ3v) is 4.41. The molecule has 4 heteroatoms. The molecule has 0 spiro atoms. The molecule has 4 rings (SSSR count). The van der Waals surface area contributed by atoms with E-state index >= 15 is 0 Å². The molecule has 1 aliphatic heterocycles. The maximum atomic E-state index is 9.03. The SMILES string of the molecule is N#Cc1cncc(-c2ccc3[nH]cc(C4CCNC4)c3c2)c1. The lowest BCUT2D eigenvalue weighted by Crippen LogP contribution is -2.07. The number of nitriles is 1. The van der Waals surface area contributed by atoms with Gasteiger partial charge in [0.05, 0.1) is 5.56 Å². The van der Waals surface area contributed by atoms with Crippen LogP contribution >= 0.6 is 0 Å². The van der Waals surface area contributed by atoms with Crippen molar-refractivity contribution in [2.24, 2.45) is 0 Å². The standard InChI is InChI=1S/C18H16N4/c19-7-12-5-15(10-21-8-12)13-1-2-18-16(6-13)17(11-22-18)14-3-4-20-9-14/h1-2,5-6,8,10-11,14,20,22H,3-4,9H2. The summed E-state index contributed by atoms with van der Waals surface area (Å²) in [4.78, 5) is 7.53. The number of aromatic nitrogens is 2. The molecule has 4 nitrogen and oxygen atoms in total. The molecule has 108 valence electrons. The van der Waals surface area contributed by atoms with E-state index in [9.17, 15) is 0 Å². The van der Waals surface area contributed by atoms with E-state index < -0.39 is 0 Å². The van der Waals surface area contributed by atoms with Crippen molar-refractivity contribution in [2.45, 2.75) is 12.3 Å². The van der Waals surface area contributed by atoms with E-state index in [1.54, 1.807) is 6.20 Å². The highest BCUT2D eigenvalue weighted by Gasteiger charge is 2.20. The van der Waals surface area contributed by atoms with Gasteiger partial charge in [0.1, 0.15) is 6.07 Å². The molecule has 3 aromatic rings. The van der Waals surface area contributed by atoms with Gasteiger partial charge in [0.2, 0.25) is 0 Å². The molecule has 0 amide bonds. The Morgan fingerprint density at radius 2 is 2.14 bits per heavy atom. The highest BCUT2D eigenvalue weighted by Crippen LogP contribution is 2.32. The van der Waals surface area contributed by atoms with Gasteiger partial charge in [-0.25, -0.2) is 0 Å². The van der Waals surface area contributed by atoms with Gasteiger partial charge in [0.25, 0.3) is 0 Å². The van der Waals surface area contributed by atoms with Crippen LogP contribution in [0.3, 0.4) is 0 Å². The van der Waals surface area contributed by atoms with Crippen LogP contribution in [0.1, 0.15) is 23.5 Å². The molecule has 22 heavy (non-hydrogen) atoms. The Morgan fingerprint density at radius 1 is 1.18 bits per heavy atom. The van der Waals surface area contributed by atoms with Gasteiger partial charge in [0.15, 0.2) is 0 Å². The maximum absolute atomic E-state index is 9.03. The lowest BCUT2D eigenvalue weighted by Gasteiger charge is -2.08. The fraction of sp³-hybridized carbons (Fsp3) is 0.222. The lowest BCUT2D eigenvalue weighted by atomic mass is 9.96. The highest BCUT2D eigenvalue weighted by molar-refractivity contribution is 5.88. The molecule has 2 N–H and O–H groups in total. The minimum absolute atomic E-state index is 0.576. The second-order valence-electron chi connectivity index (χ2n) is 5.77. The predicted molar refractivity (Wildman–Crippen MR) is 86.5 cm³/mol. The summed E-state index contributed by atoms with van der Waals surface area (Å²) in [5, 5.41) is 13.7. The maximum Gasteiger partial charge on any atom is 0.101 e. The number of pyridine rings is 1. The van der Waals surface area contributed by atoms with Gasteiger partial charge in [-0.15, -0.1) is 0 Å². The van der Waals surface area contributed by atoms with Crippen molar-refractivity contribution in [1.82, 2.24) is 15.3 Å². The summed E-state index contributed by atoms with van der Waals surface area (Å²) in [6, 6.07) is 10.4. The van der Waals surface area contributed by atoms with Crippen LogP contribution in [0.25, 0.3) is 22.0 Å². The minimum atomic E-state index is 0.576. The normalized spacial score (nSPS) is 17.7. The first-order valence-electron chi connectivity index (χ1n) is 7.52. The van der Waals surface area contributed by atoms with Gasteiger partial charge in [-0.1, -0.05) is 6.07 Å². The van der Waals surface area contributed by atoms with Crippen LogP contribution in [-0.4, -0.2) is 23.1 Å². The van der Waals surface area contributed by atoms with E-state index in [1.165, 1.54) is 17.4 Å². The molecule has 2 aromatic heterocycles. The summed E-state index contributed by atoms with van der Waals surface area (Å²) < 4.78 is 0. The Balaban J connectivity index is 1.82. The summed E-state index contributed by atoms with van der Waals surface area (Å²) in [5.74, 6) is 0.576. The van der Waals surface area contributed by atoms with Gasteiger partial charge in [-0.3, -0.25) is 4.98 Å². The third-order valence-electron chi connectivity index (χ3n) is 4.41. The fourth-order valence-electron chi connectivity index (χ4n) is 3.24. The van der Waals surface area contributed by atoms with E-state index in [1.807, 2.05) is 12.3 Å². The van der Waals surface area contributed by atoms with E-state index in [2.05, 4.69) is 45.7 Å². The van der Waals surface area contributed by atoms with Crippen LogP contribution in [0.5, 0.6) is 0 Å². The topological polar surface area (TPSA) is 64.5 Å². The minimum Gasteiger partial charge on any atom is -0.361 e. The Labute approximate surface area is 128 Å². The molecule has 0 saturated carbocycles. The fourth-order valence-corrected chi connectivity index (χ4v) is 3.24. The lowest BCUT2D eigenvalue weighted by molar-refractivity contribution is 0.770. The van der Waals surface area contributed by atoms with Gasteiger partial charge < -0.3 is 10.3 Å². The number of hydrogen-bond acceptors (Lipinski definition) is 3.